The third-order valence-electron chi connectivity index (χ3n) is 3.94. The van der Waals surface area contributed by atoms with Crippen LogP contribution in [0, 0.1) is 11.3 Å². The first-order chi connectivity index (χ1) is 11.8. The van der Waals surface area contributed by atoms with Crippen molar-refractivity contribution in [2.24, 2.45) is 0 Å². The van der Waals surface area contributed by atoms with Crippen molar-refractivity contribution in [3.63, 3.8) is 0 Å². The average Bonchev–Trinajstić information content (AvgIpc) is 3.27. The fraction of sp³-hybridized carbons (Fsp3) is 0.353. The fourth-order valence-electron chi connectivity index (χ4n) is 2.80. The van der Waals surface area contributed by atoms with Crippen LogP contribution in [0.3, 0.4) is 0 Å². The van der Waals surface area contributed by atoms with E-state index in [1.54, 1.807) is 24.4 Å². The standard InChI is InChI=1S/C17H18N4O2S/c18-12-13-3-1-4-14(11-13)23-9-8-21-7-2-5-15(21)16(22)20-17-19-6-10-24-17/h1,3-4,6,10-11,15H,2,5,7-9H2,(H,19,20,22)/t15-/m0/s1. The van der Waals surface area contributed by atoms with Crippen LogP contribution >= 0.6 is 11.3 Å². The number of aromatic nitrogens is 1. The van der Waals surface area contributed by atoms with Crippen LogP contribution in [0.1, 0.15) is 18.4 Å². The molecule has 124 valence electrons. The van der Waals surface area contributed by atoms with Gasteiger partial charge in [-0.25, -0.2) is 4.98 Å². The Hall–Kier alpha value is -2.43. The highest BCUT2D eigenvalue weighted by Gasteiger charge is 2.30. The summed E-state index contributed by atoms with van der Waals surface area (Å²) < 4.78 is 5.71. The number of hydrogen-bond acceptors (Lipinski definition) is 6. The van der Waals surface area contributed by atoms with Crippen LogP contribution in [0.4, 0.5) is 5.13 Å². The third kappa shape index (κ3) is 4.10. The highest BCUT2D eigenvalue weighted by molar-refractivity contribution is 7.13. The first kappa shape index (κ1) is 16.4. The molecule has 2 heterocycles. The number of amides is 1. The molecule has 1 fully saturated rings. The summed E-state index contributed by atoms with van der Waals surface area (Å²) in [4.78, 5) is 18.6. The lowest BCUT2D eigenvalue weighted by Gasteiger charge is -2.23. The molecule has 2 aromatic rings. The van der Waals surface area contributed by atoms with Gasteiger partial charge in [0, 0.05) is 18.1 Å². The second-order valence-corrected chi connectivity index (χ2v) is 6.40. The number of hydrogen-bond donors (Lipinski definition) is 1. The van der Waals surface area contributed by atoms with E-state index < -0.39 is 0 Å². The van der Waals surface area contributed by atoms with Gasteiger partial charge in [0.25, 0.3) is 0 Å². The van der Waals surface area contributed by atoms with Crippen LogP contribution in [0.5, 0.6) is 5.75 Å². The van der Waals surface area contributed by atoms with E-state index in [-0.39, 0.29) is 11.9 Å². The summed E-state index contributed by atoms with van der Waals surface area (Å²) in [7, 11) is 0. The van der Waals surface area contributed by atoms with Gasteiger partial charge in [-0.1, -0.05) is 6.07 Å². The topological polar surface area (TPSA) is 78.2 Å². The van der Waals surface area contributed by atoms with Crippen molar-refractivity contribution in [3.8, 4) is 11.8 Å². The summed E-state index contributed by atoms with van der Waals surface area (Å²) in [6.45, 7) is 2.04. The maximum atomic E-state index is 12.4. The second-order valence-electron chi connectivity index (χ2n) is 5.51. The smallest absolute Gasteiger partial charge is 0.243 e. The quantitative estimate of drug-likeness (QED) is 0.872. The number of rotatable bonds is 6. The highest BCUT2D eigenvalue weighted by Crippen LogP contribution is 2.20. The van der Waals surface area contributed by atoms with E-state index in [2.05, 4.69) is 21.3 Å². The molecule has 0 unspecified atom stereocenters. The Morgan fingerprint density at radius 3 is 3.25 bits per heavy atom. The van der Waals surface area contributed by atoms with Gasteiger partial charge >= 0.3 is 0 Å². The zero-order valence-corrected chi connectivity index (χ0v) is 14.0. The van der Waals surface area contributed by atoms with E-state index in [9.17, 15) is 4.79 Å². The molecular weight excluding hydrogens is 324 g/mol. The molecule has 0 saturated carbocycles. The first-order valence-corrected chi connectivity index (χ1v) is 8.71. The molecule has 7 heteroatoms. The molecule has 1 aromatic heterocycles. The predicted molar refractivity (Wildman–Crippen MR) is 92.0 cm³/mol. The zero-order valence-electron chi connectivity index (χ0n) is 13.1. The minimum atomic E-state index is -0.136. The maximum Gasteiger partial charge on any atom is 0.243 e. The Morgan fingerprint density at radius 2 is 2.46 bits per heavy atom. The van der Waals surface area contributed by atoms with Gasteiger partial charge in [0.05, 0.1) is 17.7 Å². The number of nitriles is 1. The maximum absolute atomic E-state index is 12.4. The van der Waals surface area contributed by atoms with E-state index in [1.165, 1.54) is 11.3 Å². The molecule has 1 saturated heterocycles. The number of anilines is 1. The van der Waals surface area contributed by atoms with Gasteiger partial charge < -0.3 is 10.1 Å². The molecule has 1 aliphatic heterocycles. The largest absolute Gasteiger partial charge is 0.492 e. The van der Waals surface area contributed by atoms with Gasteiger partial charge in [-0.15, -0.1) is 11.3 Å². The Balaban J connectivity index is 1.50. The number of likely N-dealkylation sites (tertiary alicyclic amines) is 1. The number of nitrogens with zero attached hydrogens (tertiary/aromatic N) is 3. The number of ether oxygens (including phenoxy) is 1. The van der Waals surface area contributed by atoms with E-state index in [4.69, 9.17) is 10.00 Å². The molecule has 1 aromatic carbocycles. The molecule has 6 nitrogen and oxygen atoms in total. The molecule has 0 spiro atoms. The van der Waals surface area contributed by atoms with Gasteiger partial charge in [-0.05, 0) is 37.6 Å². The lowest BCUT2D eigenvalue weighted by molar-refractivity contribution is -0.120. The molecule has 0 radical (unpaired) electrons. The predicted octanol–water partition coefficient (Wildman–Crippen LogP) is 2.50. The number of carbonyl (C=O) groups is 1. The van der Waals surface area contributed by atoms with Gasteiger partial charge in [0.2, 0.25) is 5.91 Å². The van der Waals surface area contributed by atoms with E-state index >= 15 is 0 Å². The van der Waals surface area contributed by atoms with Crippen LogP contribution in [-0.4, -0.2) is 41.5 Å². The van der Waals surface area contributed by atoms with Crippen molar-refractivity contribution >= 4 is 22.4 Å². The number of benzene rings is 1. The summed E-state index contributed by atoms with van der Waals surface area (Å²) in [6, 6.07) is 9.05. The molecule has 24 heavy (non-hydrogen) atoms. The molecule has 1 aliphatic rings. The van der Waals surface area contributed by atoms with Crippen molar-refractivity contribution in [2.75, 3.05) is 25.0 Å². The van der Waals surface area contributed by atoms with E-state index in [0.29, 0.717) is 29.6 Å². The van der Waals surface area contributed by atoms with Crippen LogP contribution < -0.4 is 10.1 Å². The van der Waals surface area contributed by atoms with Gasteiger partial charge in [0.1, 0.15) is 12.4 Å². The minimum Gasteiger partial charge on any atom is -0.492 e. The van der Waals surface area contributed by atoms with Gasteiger partial charge in [-0.2, -0.15) is 5.26 Å². The molecule has 0 bridgehead atoms. The third-order valence-corrected chi connectivity index (χ3v) is 4.63. The van der Waals surface area contributed by atoms with Gasteiger partial charge in [-0.3, -0.25) is 9.69 Å². The summed E-state index contributed by atoms with van der Waals surface area (Å²) in [6.07, 6.45) is 3.52. The first-order valence-electron chi connectivity index (χ1n) is 7.83. The van der Waals surface area contributed by atoms with Crippen LogP contribution in [0.15, 0.2) is 35.8 Å². The van der Waals surface area contributed by atoms with E-state index in [0.717, 1.165) is 19.4 Å². The molecule has 1 N–H and O–H groups in total. The summed E-state index contributed by atoms with van der Waals surface area (Å²) in [5.74, 6) is 0.672. The SMILES string of the molecule is N#Cc1cccc(OCCN2CCC[C@H]2C(=O)Nc2nccs2)c1. The number of thiazole rings is 1. The lowest BCUT2D eigenvalue weighted by Crippen LogP contribution is -2.41. The summed E-state index contributed by atoms with van der Waals surface area (Å²) in [5.41, 5.74) is 0.578. The van der Waals surface area contributed by atoms with Crippen molar-refractivity contribution < 1.29 is 9.53 Å². The fourth-order valence-corrected chi connectivity index (χ4v) is 3.33. The van der Waals surface area contributed by atoms with Gasteiger partial charge in [0.15, 0.2) is 5.13 Å². The van der Waals surface area contributed by atoms with Crippen molar-refractivity contribution in [3.05, 3.63) is 41.4 Å². The van der Waals surface area contributed by atoms with Crippen LogP contribution in [0.2, 0.25) is 0 Å². The number of nitrogens with one attached hydrogen (secondary N) is 1. The second kappa shape index (κ2) is 7.90. The molecule has 0 aliphatic carbocycles. The summed E-state index contributed by atoms with van der Waals surface area (Å²) >= 11 is 1.42. The van der Waals surface area contributed by atoms with E-state index in [1.807, 2.05) is 11.4 Å². The zero-order chi connectivity index (χ0) is 16.8. The lowest BCUT2D eigenvalue weighted by atomic mass is 10.2. The summed E-state index contributed by atoms with van der Waals surface area (Å²) in [5, 5.41) is 14.2. The van der Waals surface area contributed by atoms with Crippen molar-refractivity contribution in [1.29, 1.82) is 5.26 Å². The highest BCUT2D eigenvalue weighted by atomic mass is 32.1. The van der Waals surface area contributed by atoms with Crippen molar-refractivity contribution in [1.82, 2.24) is 9.88 Å². The molecular formula is C17H18N4O2S. The molecule has 1 amide bonds. The molecule has 1 atom stereocenters. The monoisotopic (exact) mass is 342 g/mol. The van der Waals surface area contributed by atoms with Crippen LogP contribution in [-0.2, 0) is 4.79 Å². The normalized spacial score (nSPS) is 17.4. The Labute approximate surface area is 144 Å². The Kier molecular flexibility index (Phi) is 5.41. The average molecular weight is 342 g/mol. The van der Waals surface area contributed by atoms with Crippen LogP contribution in [0.25, 0.3) is 0 Å². The minimum absolute atomic E-state index is 0.00562. The molecule has 3 rings (SSSR count). The Bertz CT molecular complexity index is 726. The Morgan fingerprint density at radius 1 is 1.54 bits per heavy atom. The number of carbonyl (C=O) groups excluding carboxylic acids is 1. The van der Waals surface area contributed by atoms with Crippen molar-refractivity contribution in [2.45, 2.75) is 18.9 Å².